The Balaban J connectivity index is 2.88. The van der Waals surface area contributed by atoms with Crippen LogP contribution < -0.4 is 0 Å². The van der Waals surface area contributed by atoms with Gasteiger partial charge in [0.25, 0.3) is 0 Å². The number of aromatic nitrogens is 3. The minimum absolute atomic E-state index is 0.174. The van der Waals surface area contributed by atoms with Crippen LogP contribution >= 0.6 is 0 Å². The zero-order valence-electron chi connectivity index (χ0n) is 6.02. The summed E-state index contributed by atoms with van der Waals surface area (Å²) in [6.07, 6.45) is 2.69. The third-order valence-electron chi connectivity index (χ3n) is 1.07. The fourth-order valence-corrected chi connectivity index (χ4v) is 0.562. The van der Waals surface area contributed by atoms with Crippen molar-refractivity contribution in [3.05, 3.63) is 18.5 Å². The molecule has 1 heterocycles. The van der Waals surface area contributed by atoms with E-state index in [0.717, 1.165) is 0 Å². The lowest BCUT2D eigenvalue weighted by molar-refractivity contribution is 0.0593. The van der Waals surface area contributed by atoms with E-state index in [4.69, 9.17) is 0 Å². The minimum Gasteiger partial charge on any atom is -0.464 e. The number of rotatable bonds is 2. The second-order valence-corrected chi connectivity index (χ2v) is 1.72. The van der Waals surface area contributed by atoms with Gasteiger partial charge in [-0.3, -0.25) is 0 Å². The third-order valence-corrected chi connectivity index (χ3v) is 1.07. The van der Waals surface area contributed by atoms with Crippen LogP contribution in [-0.2, 0) is 4.74 Å². The predicted octanol–water partition coefficient (Wildman–Crippen LogP) is 0.165. The summed E-state index contributed by atoms with van der Waals surface area (Å²) in [7, 11) is 1.29. The molecular formula is C6H7N3O2. The zero-order chi connectivity index (χ0) is 8.27. The normalized spacial score (nSPS) is 9.18. The molecule has 1 aromatic heterocycles. The van der Waals surface area contributed by atoms with Crippen molar-refractivity contribution in [3.63, 3.8) is 0 Å². The summed E-state index contributed by atoms with van der Waals surface area (Å²) in [6, 6.07) is 0. The van der Waals surface area contributed by atoms with Gasteiger partial charge in [0.2, 0.25) is 0 Å². The molecule has 0 aliphatic carbocycles. The number of ether oxygens (including phenoxy) is 1. The lowest BCUT2D eigenvalue weighted by Gasteiger charge is -1.89. The van der Waals surface area contributed by atoms with Crippen molar-refractivity contribution in [2.45, 2.75) is 0 Å². The zero-order valence-corrected chi connectivity index (χ0v) is 6.02. The molecule has 0 amide bonds. The van der Waals surface area contributed by atoms with Crippen molar-refractivity contribution in [2.75, 3.05) is 7.11 Å². The number of hydrogen-bond donors (Lipinski definition) is 0. The second-order valence-electron chi connectivity index (χ2n) is 1.72. The number of hydrogen-bond acceptors (Lipinski definition) is 4. The van der Waals surface area contributed by atoms with E-state index in [1.165, 1.54) is 24.3 Å². The molecule has 0 aromatic carbocycles. The largest absolute Gasteiger partial charge is 0.464 e. The molecule has 0 spiro atoms. The van der Waals surface area contributed by atoms with Crippen LogP contribution in [0.2, 0.25) is 0 Å². The highest BCUT2D eigenvalue weighted by atomic mass is 16.5. The van der Waals surface area contributed by atoms with Crippen LogP contribution in [0, 0.1) is 0 Å². The molecule has 5 nitrogen and oxygen atoms in total. The van der Waals surface area contributed by atoms with E-state index in [9.17, 15) is 4.79 Å². The molecule has 0 saturated heterocycles. The Morgan fingerprint density at radius 2 is 2.64 bits per heavy atom. The Bertz CT molecular complexity index is 279. The van der Waals surface area contributed by atoms with Crippen LogP contribution in [0.25, 0.3) is 6.20 Å². The topological polar surface area (TPSA) is 57.0 Å². The van der Waals surface area contributed by atoms with Gasteiger partial charge in [-0.1, -0.05) is 6.58 Å². The summed E-state index contributed by atoms with van der Waals surface area (Å²) in [4.78, 5) is 12.0. The minimum atomic E-state index is -0.502. The Hall–Kier alpha value is -1.65. The van der Waals surface area contributed by atoms with Crippen molar-refractivity contribution in [3.8, 4) is 0 Å². The lowest BCUT2D eigenvalue weighted by Crippen LogP contribution is -2.02. The smallest absolute Gasteiger partial charge is 0.360 e. The highest BCUT2D eigenvalue weighted by Crippen LogP contribution is 1.93. The van der Waals surface area contributed by atoms with Gasteiger partial charge < -0.3 is 4.74 Å². The van der Waals surface area contributed by atoms with Crippen LogP contribution in [0.4, 0.5) is 0 Å². The molecule has 1 rings (SSSR count). The van der Waals surface area contributed by atoms with Crippen LogP contribution in [0.15, 0.2) is 12.8 Å². The maximum Gasteiger partial charge on any atom is 0.360 e. The van der Waals surface area contributed by atoms with Crippen molar-refractivity contribution in [1.82, 2.24) is 15.0 Å². The SMILES string of the molecule is C=Cn1ncc(C(=O)OC)n1. The Morgan fingerprint density at radius 3 is 3.09 bits per heavy atom. The molecular weight excluding hydrogens is 146 g/mol. The van der Waals surface area contributed by atoms with Gasteiger partial charge in [-0.2, -0.15) is 9.90 Å². The molecule has 0 fully saturated rings. The molecule has 0 aliphatic heterocycles. The van der Waals surface area contributed by atoms with E-state index in [-0.39, 0.29) is 5.69 Å². The first-order valence-electron chi connectivity index (χ1n) is 2.90. The van der Waals surface area contributed by atoms with Gasteiger partial charge in [0.05, 0.1) is 13.3 Å². The van der Waals surface area contributed by atoms with Crippen molar-refractivity contribution in [2.24, 2.45) is 0 Å². The molecule has 0 N–H and O–H groups in total. The van der Waals surface area contributed by atoms with Crippen LogP contribution in [0.3, 0.4) is 0 Å². The lowest BCUT2D eigenvalue weighted by atomic mass is 10.5. The molecule has 0 aliphatic rings. The van der Waals surface area contributed by atoms with Gasteiger partial charge in [-0.15, -0.1) is 5.10 Å². The fourth-order valence-electron chi connectivity index (χ4n) is 0.562. The van der Waals surface area contributed by atoms with Crippen LogP contribution in [0.1, 0.15) is 10.5 Å². The van der Waals surface area contributed by atoms with Gasteiger partial charge in [0, 0.05) is 6.20 Å². The van der Waals surface area contributed by atoms with E-state index in [2.05, 4.69) is 21.5 Å². The average molecular weight is 153 g/mol. The number of carbonyl (C=O) groups is 1. The first-order valence-corrected chi connectivity index (χ1v) is 2.90. The fraction of sp³-hybridized carbons (Fsp3) is 0.167. The molecule has 5 heteroatoms. The Labute approximate surface area is 63.3 Å². The van der Waals surface area contributed by atoms with Gasteiger partial charge in [-0.25, -0.2) is 4.79 Å². The third kappa shape index (κ3) is 1.43. The molecule has 0 atom stereocenters. The summed E-state index contributed by atoms with van der Waals surface area (Å²) in [5.41, 5.74) is 0.174. The van der Waals surface area contributed by atoms with Crippen molar-refractivity contribution < 1.29 is 9.53 Å². The Kier molecular flexibility index (Phi) is 2.00. The van der Waals surface area contributed by atoms with Crippen molar-refractivity contribution >= 4 is 12.2 Å². The monoisotopic (exact) mass is 153 g/mol. The van der Waals surface area contributed by atoms with Crippen molar-refractivity contribution in [1.29, 1.82) is 0 Å². The molecule has 1 aromatic rings. The van der Waals surface area contributed by atoms with E-state index in [1.807, 2.05) is 0 Å². The molecule has 58 valence electrons. The maximum absolute atomic E-state index is 10.8. The predicted molar refractivity (Wildman–Crippen MR) is 37.7 cm³/mol. The molecule has 0 radical (unpaired) electrons. The summed E-state index contributed by atoms with van der Waals surface area (Å²) >= 11 is 0. The first kappa shape index (κ1) is 7.46. The Morgan fingerprint density at radius 1 is 1.91 bits per heavy atom. The summed E-state index contributed by atoms with van der Waals surface area (Å²) in [5, 5.41) is 7.40. The average Bonchev–Trinajstić information content (AvgIpc) is 2.50. The summed E-state index contributed by atoms with van der Waals surface area (Å²) in [6.45, 7) is 3.42. The van der Waals surface area contributed by atoms with Gasteiger partial charge >= 0.3 is 5.97 Å². The molecule has 0 bridgehead atoms. The highest BCUT2D eigenvalue weighted by Gasteiger charge is 2.08. The molecule has 11 heavy (non-hydrogen) atoms. The van der Waals surface area contributed by atoms with Gasteiger partial charge in [0.1, 0.15) is 0 Å². The van der Waals surface area contributed by atoms with Crippen LogP contribution in [-0.4, -0.2) is 28.1 Å². The van der Waals surface area contributed by atoms with Crippen LogP contribution in [0.5, 0.6) is 0 Å². The maximum atomic E-state index is 10.8. The second kappa shape index (κ2) is 2.96. The quantitative estimate of drug-likeness (QED) is 0.568. The van der Waals surface area contributed by atoms with E-state index >= 15 is 0 Å². The first-order chi connectivity index (χ1) is 5.27. The highest BCUT2D eigenvalue weighted by molar-refractivity contribution is 5.86. The van der Waals surface area contributed by atoms with E-state index in [1.54, 1.807) is 0 Å². The summed E-state index contributed by atoms with van der Waals surface area (Å²) in [5.74, 6) is -0.502. The number of carbonyl (C=O) groups excluding carboxylic acids is 1. The van der Waals surface area contributed by atoms with Gasteiger partial charge in [-0.05, 0) is 0 Å². The number of esters is 1. The molecule has 0 unspecified atom stereocenters. The summed E-state index contributed by atoms with van der Waals surface area (Å²) < 4.78 is 4.41. The number of methoxy groups -OCH3 is 1. The van der Waals surface area contributed by atoms with Gasteiger partial charge in [0.15, 0.2) is 5.69 Å². The van der Waals surface area contributed by atoms with E-state index < -0.39 is 5.97 Å². The standard InChI is InChI=1S/C6H7N3O2/c1-3-9-7-4-5(8-9)6(10)11-2/h3-4H,1H2,2H3. The van der Waals surface area contributed by atoms with E-state index in [0.29, 0.717) is 0 Å². The molecule has 0 saturated carbocycles. The number of nitrogens with zero attached hydrogens (tertiary/aromatic N) is 3.